The van der Waals surface area contributed by atoms with Crippen molar-refractivity contribution in [2.45, 2.75) is 18.4 Å². The Kier molecular flexibility index (Phi) is 2.11. The molecule has 1 aliphatic rings. The van der Waals surface area contributed by atoms with Crippen LogP contribution < -0.4 is 5.32 Å². The Morgan fingerprint density at radius 3 is 2.36 bits per heavy atom. The molecule has 1 amide bonds. The van der Waals surface area contributed by atoms with Crippen molar-refractivity contribution in [3.8, 4) is 0 Å². The third kappa shape index (κ3) is 1.68. The van der Waals surface area contributed by atoms with Crippen LogP contribution in [0.4, 0.5) is 4.79 Å². The number of halogens is 1. The average Bonchev–Trinajstić information content (AvgIpc) is 2.85. The second kappa shape index (κ2) is 3.17. The summed E-state index contributed by atoms with van der Waals surface area (Å²) in [4.78, 5) is 10.6. The van der Waals surface area contributed by atoms with E-state index in [2.05, 4.69) is 5.32 Å². The van der Waals surface area contributed by atoms with E-state index in [1.165, 1.54) is 0 Å². The molecule has 0 unspecified atom stereocenters. The number of carboxylic acid groups (broad SMARTS) is 1. The van der Waals surface area contributed by atoms with Gasteiger partial charge in [0.25, 0.3) is 0 Å². The summed E-state index contributed by atoms with van der Waals surface area (Å²) in [6.45, 7) is 0. The predicted octanol–water partition coefficient (Wildman–Crippen LogP) is 2.60. The molecular weight excluding hydrogens is 202 g/mol. The maximum atomic E-state index is 10.6. The second-order valence-electron chi connectivity index (χ2n) is 3.52. The van der Waals surface area contributed by atoms with Crippen LogP contribution in [0.5, 0.6) is 0 Å². The summed E-state index contributed by atoms with van der Waals surface area (Å²) >= 11 is 5.75. The van der Waals surface area contributed by atoms with E-state index in [0.29, 0.717) is 5.02 Å². The van der Waals surface area contributed by atoms with E-state index in [0.717, 1.165) is 18.4 Å². The van der Waals surface area contributed by atoms with Gasteiger partial charge in [-0.1, -0.05) is 23.7 Å². The number of rotatable bonds is 2. The number of carbonyl (C=O) groups is 1. The summed E-state index contributed by atoms with van der Waals surface area (Å²) < 4.78 is 0. The highest BCUT2D eigenvalue weighted by molar-refractivity contribution is 6.30. The number of benzene rings is 1. The quantitative estimate of drug-likeness (QED) is 0.790. The van der Waals surface area contributed by atoms with Crippen LogP contribution in [-0.4, -0.2) is 11.2 Å². The third-order valence-corrected chi connectivity index (χ3v) is 2.74. The standard InChI is InChI=1S/C10H10ClNO2/c11-8-3-1-7(2-4-8)10(5-6-10)12-9(13)14/h1-4,12H,5-6H2,(H,13,14). The average molecular weight is 212 g/mol. The van der Waals surface area contributed by atoms with E-state index in [4.69, 9.17) is 16.7 Å². The Hall–Kier alpha value is -1.22. The van der Waals surface area contributed by atoms with Crippen molar-refractivity contribution in [2.75, 3.05) is 0 Å². The van der Waals surface area contributed by atoms with Crippen LogP contribution in [0, 0.1) is 0 Å². The van der Waals surface area contributed by atoms with Gasteiger partial charge in [-0.15, -0.1) is 0 Å². The summed E-state index contributed by atoms with van der Waals surface area (Å²) in [6.07, 6.45) is 0.749. The van der Waals surface area contributed by atoms with E-state index < -0.39 is 6.09 Å². The van der Waals surface area contributed by atoms with Gasteiger partial charge in [0.05, 0.1) is 5.54 Å². The molecule has 2 N–H and O–H groups in total. The highest BCUT2D eigenvalue weighted by atomic mass is 35.5. The molecule has 0 radical (unpaired) electrons. The smallest absolute Gasteiger partial charge is 0.405 e. The Balaban J connectivity index is 2.22. The summed E-state index contributed by atoms with van der Waals surface area (Å²) in [5.74, 6) is 0. The minimum Gasteiger partial charge on any atom is -0.465 e. The fraction of sp³-hybridized carbons (Fsp3) is 0.300. The molecule has 3 nitrogen and oxygen atoms in total. The largest absolute Gasteiger partial charge is 0.465 e. The number of hydrogen-bond donors (Lipinski definition) is 2. The van der Waals surface area contributed by atoms with Crippen LogP contribution in [0.3, 0.4) is 0 Å². The second-order valence-corrected chi connectivity index (χ2v) is 3.96. The van der Waals surface area contributed by atoms with Gasteiger partial charge in [-0.05, 0) is 30.5 Å². The third-order valence-electron chi connectivity index (χ3n) is 2.49. The highest BCUT2D eigenvalue weighted by Crippen LogP contribution is 2.45. The van der Waals surface area contributed by atoms with E-state index in [1.807, 2.05) is 12.1 Å². The van der Waals surface area contributed by atoms with Gasteiger partial charge < -0.3 is 10.4 Å². The lowest BCUT2D eigenvalue weighted by molar-refractivity contribution is 0.188. The van der Waals surface area contributed by atoms with Crippen LogP contribution in [0.1, 0.15) is 18.4 Å². The molecule has 4 heteroatoms. The van der Waals surface area contributed by atoms with Crippen molar-refractivity contribution in [3.05, 3.63) is 34.9 Å². The van der Waals surface area contributed by atoms with Crippen molar-refractivity contribution < 1.29 is 9.90 Å². The maximum absolute atomic E-state index is 10.6. The van der Waals surface area contributed by atoms with E-state index >= 15 is 0 Å². The van der Waals surface area contributed by atoms with Crippen molar-refractivity contribution in [1.29, 1.82) is 0 Å². The Morgan fingerprint density at radius 1 is 1.36 bits per heavy atom. The van der Waals surface area contributed by atoms with Crippen LogP contribution in [0.15, 0.2) is 24.3 Å². The zero-order valence-electron chi connectivity index (χ0n) is 7.46. The lowest BCUT2D eigenvalue weighted by atomic mass is 10.1. The van der Waals surface area contributed by atoms with Crippen LogP contribution in [0.2, 0.25) is 5.02 Å². The molecule has 1 aromatic carbocycles. The Labute approximate surface area is 86.7 Å². The van der Waals surface area contributed by atoms with Gasteiger partial charge in [-0.2, -0.15) is 0 Å². The monoisotopic (exact) mass is 211 g/mol. The molecule has 0 spiro atoms. The van der Waals surface area contributed by atoms with Crippen molar-refractivity contribution >= 4 is 17.7 Å². The number of hydrogen-bond acceptors (Lipinski definition) is 1. The van der Waals surface area contributed by atoms with Crippen molar-refractivity contribution in [1.82, 2.24) is 5.32 Å². The summed E-state index contributed by atoms with van der Waals surface area (Å²) in [5.41, 5.74) is 0.639. The molecule has 1 fully saturated rings. The van der Waals surface area contributed by atoms with Gasteiger partial charge in [0.15, 0.2) is 0 Å². The minimum atomic E-state index is -0.975. The van der Waals surface area contributed by atoms with E-state index in [9.17, 15) is 4.79 Å². The fourth-order valence-electron chi connectivity index (χ4n) is 1.58. The van der Waals surface area contributed by atoms with Gasteiger partial charge in [0.1, 0.15) is 0 Å². The molecule has 0 bridgehead atoms. The van der Waals surface area contributed by atoms with E-state index in [1.54, 1.807) is 12.1 Å². The number of amides is 1. The Morgan fingerprint density at radius 2 is 1.93 bits per heavy atom. The first-order valence-electron chi connectivity index (χ1n) is 4.40. The summed E-state index contributed by atoms with van der Waals surface area (Å²) in [6, 6.07) is 7.29. The first kappa shape index (κ1) is 9.34. The zero-order valence-corrected chi connectivity index (χ0v) is 8.21. The van der Waals surface area contributed by atoms with Gasteiger partial charge >= 0.3 is 6.09 Å². The molecule has 0 aliphatic heterocycles. The van der Waals surface area contributed by atoms with Crippen LogP contribution >= 0.6 is 11.6 Å². The molecule has 14 heavy (non-hydrogen) atoms. The maximum Gasteiger partial charge on any atom is 0.405 e. The normalized spacial score (nSPS) is 17.5. The van der Waals surface area contributed by atoms with Crippen molar-refractivity contribution in [2.24, 2.45) is 0 Å². The van der Waals surface area contributed by atoms with Crippen LogP contribution in [-0.2, 0) is 5.54 Å². The summed E-state index contributed by atoms with van der Waals surface area (Å²) in [7, 11) is 0. The van der Waals surface area contributed by atoms with E-state index in [-0.39, 0.29) is 5.54 Å². The lowest BCUT2D eigenvalue weighted by Gasteiger charge is -2.15. The zero-order chi connectivity index (χ0) is 10.2. The molecule has 1 saturated carbocycles. The van der Waals surface area contributed by atoms with Gasteiger partial charge in [0.2, 0.25) is 0 Å². The molecule has 1 aliphatic carbocycles. The SMILES string of the molecule is O=C(O)NC1(c2ccc(Cl)cc2)CC1. The fourth-order valence-corrected chi connectivity index (χ4v) is 1.71. The predicted molar refractivity (Wildman–Crippen MR) is 53.5 cm³/mol. The summed E-state index contributed by atoms with van der Waals surface area (Å²) in [5, 5.41) is 11.9. The molecule has 0 atom stereocenters. The highest BCUT2D eigenvalue weighted by Gasteiger charge is 2.45. The van der Waals surface area contributed by atoms with Crippen LogP contribution in [0.25, 0.3) is 0 Å². The van der Waals surface area contributed by atoms with Crippen molar-refractivity contribution in [3.63, 3.8) is 0 Å². The molecule has 1 aromatic rings. The molecule has 2 rings (SSSR count). The molecular formula is C10H10ClNO2. The van der Waals surface area contributed by atoms with Gasteiger partial charge in [0, 0.05) is 5.02 Å². The first-order chi connectivity index (χ1) is 6.62. The molecule has 0 saturated heterocycles. The Bertz CT molecular complexity index is 357. The lowest BCUT2D eigenvalue weighted by Crippen LogP contribution is -2.33. The molecule has 0 aromatic heterocycles. The first-order valence-corrected chi connectivity index (χ1v) is 4.77. The molecule has 74 valence electrons. The van der Waals surface area contributed by atoms with Gasteiger partial charge in [-0.3, -0.25) is 0 Å². The minimum absolute atomic E-state index is 0.351. The topological polar surface area (TPSA) is 49.3 Å². The number of nitrogens with one attached hydrogen (secondary N) is 1. The molecule has 0 heterocycles. The van der Waals surface area contributed by atoms with Gasteiger partial charge in [-0.25, -0.2) is 4.79 Å².